The maximum Gasteiger partial charge on any atom is 0.242 e. The number of nitrogens with one attached hydrogen (secondary N) is 1. The van der Waals surface area contributed by atoms with Crippen LogP contribution in [0.1, 0.15) is 11.1 Å². The second kappa shape index (κ2) is 8.52. The van der Waals surface area contributed by atoms with Crippen molar-refractivity contribution in [2.75, 3.05) is 37.0 Å². The monoisotopic (exact) mass is 439 g/mol. The Kier molecular flexibility index (Phi) is 6.71. The molecule has 0 fully saturated rings. The molecule has 0 radical (unpaired) electrons. The lowest BCUT2D eigenvalue weighted by molar-refractivity contribution is -0.115. The van der Waals surface area contributed by atoms with Crippen molar-refractivity contribution in [3.05, 3.63) is 53.6 Å². The molecule has 0 unspecified atom stereocenters. The summed E-state index contributed by atoms with van der Waals surface area (Å²) in [6, 6.07) is 11.2. The molecule has 1 amide bonds. The van der Waals surface area contributed by atoms with Gasteiger partial charge in [-0.05, 0) is 42.3 Å². The van der Waals surface area contributed by atoms with Gasteiger partial charge in [-0.25, -0.2) is 21.1 Å². The van der Waals surface area contributed by atoms with Gasteiger partial charge in [0.05, 0.1) is 23.3 Å². The molecule has 8 nitrogen and oxygen atoms in total. The second-order valence-electron chi connectivity index (χ2n) is 6.89. The number of amides is 1. The van der Waals surface area contributed by atoms with Gasteiger partial charge in [0.15, 0.2) is 0 Å². The maximum atomic E-state index is 12.4. The molecule has 2 aromatic rings. The van der Waals surface area contributed by atoms with Gasteiger partial charge in [-0.15, -0.1) is 0 Å². The van der Waals surface area contributed by atoms with Crippen molar-refractivity contribution in [2.24, 2.45) is 0 Å². The van der Waals surface area contributed by atoms with Crippen molar-refractivity contribution >= 4 is 37.3 Å². The number of hydrogen-bond acceptors (Lipinski definition) is 5. The zero-order chi connectivity index (χ0) is 22.0. The fourth-order valence-corrected chi connectivity index (χ4v) is 3.94. The molecule has 0 aromatic heterocycles. The number of sulfonamides is 2. The Morgan fingerprint density at radius 1 is 0.966 bits per heavy atom. The summed E-state index contributed by atoms with van der Waals surface area (Å²) < 4.78 is 50.0. The molecule has 0 saturated carbocycles. The number of aryl methyl sites for hydroxylation is 1. The minimum Gasteiger partial charge on any atom is -0.326 e. The van der Waals surface area contributed by atoms with E-state index in [1.54, 1.807) is 37.3 Å². The summed E-state index contributed by atoms with van der Waals surface area (Å²) in [5.74, 6) is -0.309. The van der Waals surface area contributed by atoms with E-state index in [-0.39, 0.29) is 17.2 Å². The van der Waals surface area contributed by atoms with Crippen molar-refractivity contribution in [3.8, 4) is 0 Å². The minimum atomic E-state index is -3.61. The van der Waals surface area contributed by atoms with E-state index >= 15 is 0 Å². The van der Waals surface area contributed by atoms with Crippen LogP contribution in [0.5, 0.6) is 0 Å². The minimum absolute atomic E-state index is 0.0625. The number of anilines is 2. The molecule has 0 atom stereocenters. The number of benzene rings is 2. The summed E-state index contributed by atoms with van der Waals surface area (Å²) in [6.07, 6.45) is 1.17. The highest BCUT2D eigenvalue weighted by Gasteiger charge is 2.19. The average molecular weight is 440 g/mol. The standard InChI is InChI=1S/C19H25N3O5S2/c1-14-6-11-17(29(26,27)21(2)3)13-18(14)20-19(23)12-15-7-9-16(10-8-15)22(4)28(5,24)25/h6-11,13H,12H2,1-5H3,(H,20,23). The molecule has 10 heteroatoms. The van der Waals surface area contributed by atoms with Crippen LogP contribution in [0, 0.1) is 6.92 Å². The Bertz CT molecular complexity index is 1110. The molecule has 0 aliphatic heterocycles. The first-order valence-electron chi connectivity index (χ1n) is 8.68. The van der Waals surface area contributed by atoms with Gasteiger partial charge in [-0.1, -0.05) is 18.2 Å². The predicted molar refractivity (Wildman–Crippen MR) is 114 cm³/mol. The number of nitrogens with zero attached hydrogens (tertiary/aromatic N) is 2. The molecule has 0 spiro atoms. The van der Waals surface area contributed by atoms with Crippen molar-refractivity contribution in [3.63, 3.8) is 0 Å². The predicted octanol–water partition coefficient (Wildman–Crippen LogP) is 1.82. The molecular weight excluding hydrogens is 414 g/mol. The average Bonchev–Trinajstić information content (AvgIpc) is 2.62. The van der Waals surface area contributed by atoms with Crippen molar-refractivity contribution in [2.45, 2.75) is 18.2 Å². The normalized spacial score (nSPS) is 12.1. The van der Waals surface area contributed by atoms with Crippen molar-refractivity contribution < 1.29 is 21.6 Å². The van der Waals surface area contributed by atoms with E-state index in [9.17, 15) is 21.6 Å². The third kappa shape index (κ3) is 5.55. The zero-order valence-corrected chi connectivity index (χ0v) is 18.6. The van der Waals surface area contributed by atoms with Gasteiger partial charge in [0, 0.05) is 26.8 Å². The summed E-state index contributed by atoms with van der Waals surface area (Å²) >= 11 is 0. The van der Waals surface area contributed by atoms with E-state index in [1.807, 2.05) is 0 Å². The fourth-order valence-electron chi connectivity index (χ4n) is 2.50. The Morgan fingerprint density at radius 2 is 1.55 bits per heavy atom. The lowest BCUT2D eigenvalue weighted by Crippen LogP contribution is -2.24. The highest BCUT2D eigenvalue weighted by molar-refractivity contribution is 7.92. The molecule has 1 N–H and O–H groups in total. The van der Waals surface area contributed by atoms with Crippen LogP contribution in [0.4, 0.5) is 11.4 Å². The molecule has 0 saturated heterocycles. The molecule has 0 heterocycles. The lowest BCUT2D eigenvalue weighted by atomic mass is 10.1. The number of rotatable bonds is 7. The second-order valence-corrected chi connectivity index (χ2v) is 11.1. The zero-order valence-electron chi connectivity index (χ0n) is 17.0. The molecule has 0 aliphatic rings. The summed E-state index contributed by atoms with van der Waals surface area (Å²) in [4.78, 5) is 12.5. The molecule has 0 bridgehead atoms. The van der Waals surface area contributed by atoms with Gasteiger partial charge in [-0.2, -0.15) is 0 Å². The third-order valence-corrected chi connectivity index (χ3v) is 7.44. The number of hydrogen-bond donors (Lipinski definition) is 1. The van der Waals surface area contributed by atoms with Gasteiger partial charge in [0.1, 0.15) is 0 Å². The van der Waals surface area contributed by atoms with Crippen LogP contribution in [0.25, 0.3) is 0 Å². The van der Waals surface area contributed by atoms with Crippen LogP contribution in [0.15, 0.2) is 47.4 Å². The van der Waals surface area contributed by atoms with Gasteiger partial charge >= 0.3 is 0 Å². The largest absolute Gasteiger partial charge is 0.326 e. The third-order valence-electron chi connectivity index (χ3n) is 4.42. The summed E-state index contributed by atoms with van der Waals surface area (Å²) in [6.45, 7) is 1.78. The molecule has 29 heavy (non-hydrogen) atoms. The summed E-state index contributed by atoms with van der Waals surface area (Å²) in [7, 11) is -2.63. The first-order chi connectivity index (χ1) is 13.3. The van der Waals surface area contributed by atoms with E-state index in [0.717, 1.165) is 20.4 Å². The Balaban J connectivity index is 2.15. The smallest absolute Gasteiger partial charge is 0.242 e. The van der Waals surface area contributed by atoms with Crippen LogP contribution < -0.4 is 9.62 Å². The van der Waals surface area contributed by atoms with E-state index < -0.39 is 20.0 Å². The van der Waals surface area contributed by atoms with Crippen LogP contribution in [0.3, 0.4) is 0 Å². The highest BCUT2D eigenvalue weighted by atomic mass is 32.2. The number of carbonyl (C=O) groups is 1. The first-order valence-corrected chi connectivity index (χ1v) is 12.0. The topological polar surface area (TPSA) is 104 Å². The van der Waals surface area contributed by atoms with E-state index in [2.05, 4.69) is 5.32 Å². The van der Waals surface area contributed by atoms with Gasteiger partial charge in [-0.3, -0.25) is 9.10 Å². The molecule has 2 aromatic carbocycles. The van der Waals surface area contributed by atoms with Crippen molar-refractivity contribution in [1.29, 1.82) is 0 Å². The van der Waals surface area contributed by atoms with Crippen molar-refractivity contribution in [1.82, 2.24) is 4.31 Å². The molecule has 0 aliphatic carbocycles. The Labute approximate surface area is 172 Å². The first kappa shape index (κ1) is 22.9. The Morgan fingerprint density at radius 3 is 2.07 bits per heavy atom. The van der Waals surface area contributed by atoms with Crippen LogP contribution in [-0.4, -0.2) is 54.4 Å². The molecule has 158 valence electrons. The summed E-state index contributed by atoms with van der Waals surface area (Å²) in [5.41, 5.74) is 2.35. The molecular formula is C19H25N3O5S2. The van der Waals surface area contributed by atoms with E-state index in [0.29, 0.717) is 16.9 Å². The van der Waals surface area contributed by atoms with Gasteiger partial charge in [0.25, 0.3) is 0 Å². The SMILES string of the molecule is Cc1ccc(S(=O)(=O)N(C)C)cc1NC(=O)Cc1ccc(N(C)S(C)(=O)=O)cc1. The van der Waals surface area contributed by atoms with E-state index in [4.69, 9.17) is 0 Å². The van der Waals surface area contributed by atoms with Crippen LogP contribution in [-0.2, 0) is 31.3 Å². The van der Waals surface area contributed by atoms with Crippen LogP contribution in [0.2, 0.25) is 0 Å². The number of carbonyl (C=O) groups excluding carboxylic acids is 1. The van der Waals surface area contributed by atoms with Gasteiger partial charge in [0.2, 0.25) is 26.0 Å². The van der Waals surface area contributed by atoms with Crippen LogP contribution >= 0.6 is 0 Å². The Hall–Kier alpha value is -2.43. The van der Waals surface area contributed by atoms with Gasteiger partial charge < -0.3 is 5.32 Å². The fraction of sp³-hybridized carbons (Fsp3) is 0.316. The maximum absolute atomic E-state index is 12.4. The molecule has 2 rings (SSSR count). The lowest BCUT2D eigenvalue weighted by Gasteiger charge is -2.17. The summed E-state index contributed by atoms with van der Waals surface area (Å²) in [5, 5.41) is 2.74. The van der Waals surface area contributed by atoms with E-state index in [1.165, 1.54) is 33.3 Å². The quantitative estimate of drug-likeness (QED) is 0.709. The highest BCUT2D eigenvalue weighted by Crippen LogP contribution is 2.22.